The van der Waals surface area contributed by atoms with Gasteiger partial charge in [-0.15, -0.1) is 0 Å². The summed E-state index contributed by atoms with van der Waals surface area (Å²) in [5.41, 5.74) is 5.74. The zero-order chi connectivity index (χ0) is 13.2. The Morgan fingerprint density at radius 2 is 2.00 bits per heavy atom. The van der Waals surface area contributed by atoms with Gasteiger partial charge in [0.15, 0.2) is 0 Å². The number of carbonyl (C=O) groups is 1. The van der Waals surface area contributed by atoms with Crippen LogP contribution in [0.3, 0.4) is 0 Å². The minimum Gasteiger partial charge on any atom is -0.398 e. The standard InChI is InChI=1S/C10H14N2O4S/c1-6(2)10(13)12-7-3-4-9(8(11)5-7)17(14,15)16/h3-6H,11H2,1-2H3,(H,12,13)(H,14,15,16). The molecule has 0 spiro atoms. The number of nitrogen functional groups attached to an aromatic ring is 1. The molecule has 0 atom stereocenters. The van der Waals surface area contributed by atoms with E-state index in [1.807, 2.05) is 0 Å². The number of amides is 1. The normalized spacial score (nSPS) is 11.5. The second-order valence-corrected chi connectivity index (χ2v) is 5.26. The van der Waals surface area contributed by atoms with Crippen LogP contribution in [0.2, 0.25) is 0 Å². The Morgan fingerprint density at radius 3 is 2.41 bits per heavy atom. The van der Waals surface area contributed by atoms with Gasteiger partial charge in [-0.2, -0.15) is 8.42 Å². The highest BCUT2D eigenvalue weighted by Crippen LogP contribution is 2.22. The molecular weight excluding hydrogens is 244 g/mol. The van der Waals surface area contributed by atoms with Crippen LogP contribution in [0.15, 0.2) is 23.1 Å². The topological polar surface area (TPSA) is 109 Å². The Hall–Kier alpha value is -1.60. The molecule has 0 saturated carbocycles. The van der Waals surface area contributed by atoms with Gasteiger partial charge in [0, 0.05) is 11.6 Å². The first-order valence-corrected chi connectivity index (χ1v) is 6.33. The maximum Gasteiger partial charge on any atom is 0.296 e. The lowest BCUT2D eigenvalue weighted by atomic mass is 10.2. The van der Waals surface area contributed by atoms with Gasteiger partial charge in [-0.3, -0.25) is 9.35 Å². The van der Waals surface area contributed by atoms with Crippen LogP contribution in [-0.2, 0) is 14.9 Å². The first kappa shape index (κ1) is 13.5. The Kier molecular flexibility index (Phi) is 3.74. The molecule has 1 amide bonds. The number of anilines is 2. The predicted molar refractivity (Wildman–Crippen MR) is 64.1 cm³/mol. The van der Waals surface area contributed by atoms with Crippen molar-refractivity contribution in [2.75, 3.05) is 11.1 Å². The SMILES string of the molecule is CC(C)C(=O)Nc1ccc(S(=O)(=O)O)c(N)c1. The van der Waals surface area contributed by atoms with Crippen molar-refractivity contribution >= 4 is 27.4 Å². The van der Waals surface area contributed by atoms with Crippen molar-refractivity contribution in [1.29, 1.82) is 0 Å². The van der Waals surface area contributed by atoms with Gasteiger partial charge in [-0.25, -0.2) is 0 Å². The van der Waals surface area contributed by atoms with Crippen molar-refractivity contribution < 1.29 is 17.8 Å². The highest BCUT2D eigenvalue weighted by atomic mass is 32.2. The second kappa shape index (κ2) is 4.72. The van der Waals surface area contributed by atoms with E-state index in [-0.39, 0.29) is 22.4 Å². The van der Waals surface area contributed by atoms with Crippen molar-refractivity contribution in [1.82, 2.24) is 0 Å². The van der Waals surface area contributed by atoms with Crippen LogP contribution in [0.4, 0.5) is 11.4 Å². The molecule has 1 aromatic rings. The summed E-state index contributed by atoms with van der Waals surface area (Å²) in [6.07, 6.45) is 0. The number of rotatable bonds is 3. The molecule has 1 aromatic carbocycles. The van der Waals surface area contributed by atoms with Crippen molar-refractivity contribution in [3.8, 4) is 0 Å². The molecule has 0 bridgehead atoms. The number of nitrogens with two attached hydrogens (primary N) is 1. The molecule has 94 valence electrons. The van der Waals surface area contributed by atoms with E-state index in [2.05, 4.69) is 5.32 Å². The predicted octanol–water partition coefficient (Wildman–Crippen LogP) is 1.11. The fourth-order valence-corrected chi connectivity index (χ4v) is 1.74. The highest BCUT2D eigenvalue weighted by Gasteiger charge is 2.15. The van der Waals surface area contributed by atoms with Crippen molar-refractivity contribution in [3.63, 3.8) is 0 Å². The Morgan fingerprint density at radius 1 is 1.41 bits per heavy atom. The van der Waals surface area contributed by atoms with Gasteiger partial charge in [-0.1, -0.05) is 13.8 Å². The maximum atomic E-state index is 11.4. The van der Waals surface area contributed by atoms with E-state index < -0.39 is 10.1 Å². The Bertz CT molecular complexity index is 537. The van der Waals surface area contributed by atoms with E-state index in [0.29, 0.717) is 5.69 Å². The Balaban J connectivity index is 3.02. The minimum atomic E-state index is -4.33. The largest absolute Gasteiger partial charge is 0.398 e. The van der Waals surface area contributed by atoms with E-state index in [9.17, 15) is 13.2 Å². The summed E-state index contributed by atoms with van der Waals surface area (Å²) in [5, 5.41) is 2.57. The molecule has 0 aromatic heterocycles. The molecule has 0 fully saturated rings. The lowest BCUT2D eigenvalue weighted by Crippen LogP contribution is -2.18. The summed E-state index contributed by atoms with van der Waals surface area (Å²) < 4.78 is 30.6. The fraction of sp³-hybridized carbons (Fsp3) is 0.300. The van der Waals surface area contributed by atoms with Crippen LogP contribution in [-0.4, -0.2) is 18.9 Å². The van der Waals surface area contributed by atoms with Crippen LogP contribution < -0.4 is 11.1 Å². The number of hydrogen-bond donors (Lipinski definition) is 3. The summed E-state index contributed by atoms with van der Waals surface area (Å²) in [7, 11) is -4.33. The van der Waals surface area contributed by atoms with E-state index in [4.69, 9.17) is 10.3 Å². The van der Waals surface area contributed by atoms with Gasteiger partial charge in [0.25, 0.3) is 10.1 Å². The molecule has 0 aliphatic rings. The molecule has 0 radical (unpaired) electrons. The lowest BCUT2D eigenvalue weighted by molar-refractivity contribution is -0.118. The first-order chi connectivity index (χ1) is 7.71. The van der Waals surface area contributed by atoms with E-state index in [0.717, 1.165) is 6.07 Å². The van der Waals surface area contributed by atoms with Crippen LogP contribution in [0.25, 0.3) is 0 Å². The monoisotopic (exact) mass is 258 g/mol. The van der Waals surface area contributed by atoms with Gasteiger partial charge in [0.2, 0.25) is 5.91 Å². The molecule has 4 N–H and O–H groups in total. The van der Waals surface area contributed by atoms with Crippen molar-refractivity contribution in [2.24, 2.45) is 5.92 Å². The zero-order valence-electron chi connectivity index (χ0n) is 9.47. The molecular formula is C10H14N2O4S. The fourth-order valence-electron chi connectivity index (χ4n) is 1.15. The Labute approximate surface area is 99.6 Å². The van der Waals surface area contributed by atoms with Gasteiger partial charge in [-0.05, 0) is 18.2 Å². The summed E-state index contributed by atoms with van der Waals surface area (Å²) in [5.74, 6) is -0.401. The zero-order valence-corrected chi connectivity index (χ0v) is 10.3. The molecule has 0 aliphatic heterocycles. The van der Waals surface area contributed by atoms with E-state index >= 15 is 0 Å². The molecule has 17 heavy (non-hydrogen) atoms. The first-order valence-electron chi connectivity index (χ1n) is 4.89. The summed E-state index contributed by atoms with van der Waals surface area (Å²) in [4.78, 5) is 11.0. The molecule has 0 unspecified atom stereocenters. The molecule has 0 aliphatic carbocycles. The lowest BCUT2D eigenvalue weighted by Gasteiger charge is -2.09. The number of nitrogens with one attached hydrogen (secondary N) is 1. The smallest absolute Gasteiger partial charge is 0.296 e. The van der Waals surface area contributed by atoms with Crippen LogP contribution >= 0.6 is 0 Å². The van der Waals surface area contributed by atoms with Gasteiger partial charge in [0.05, 0.1) is 5.69 Å². The molecule has 0 heterocycles. The van der Waals surface area contributed by atoms with Gasteiger partial charge < -0.3 is 11.1 Å². The van der Waals surface area contributed by atoms with Gasteiger partial charge in [0.1, 0.15) is 4.90 Å². The van der Waals surface area contributed by atoms with E-state index in [1.54, 1.807) is 13.8 Å². The van der Waals surface area contributed by atoms with Crippen molar-refractivity contribution in [3.05, 3.63) is 18.2 Å². The molecule has 7 heteroatoms. The summed E-state index contributed by atoms with van der Waals surface area (Å²) in [6, 6.07) is 3.78. The average molecular weight is 258 g/mol. The molecule has 1 rings (SSSR count). The quantitative estimate of drug-likeness (QED) is 0.555. The van der Waals surface area contributed by atoms with Crippen LogP contribution in [0.5, 0.6) is 0 Å². The van der Waals surface area contributed by atoms with Crippen LogP contribution in [0.1, 0.15) is 13.8 Å². The third-order valence-electron chi connectivity index (χ3n) is 2.08. The molecule has 6 nitrogen and oxygen atoms in total. The number of hydrogen-bond acceptors (Lipinski definition) is 4. The highest BCUT2D eigenvalue weighted by molar-refractivity contribution is 7.86. The summed E-state index contributed by atoms with van der Waals surface area (Å²) >= 11 is 0. The minimum absolute atomic E-state index is 0.117. The average Bonchev–Trinajstić information content (AvgIpc) is 2.15. The number of carbonyl (C=O) groups excluding carboxylic acids is 1. The van der Waals surface area contributed by atoms with Crippen molar-refractivity contribution in [2.45, 2.75) is 18.7 Å². The summed E-state index contributed by atoms with van der Waals surface area (Å²) in [6.45, 7) is 3.45. The third kappa shape index (κ3) is 3.43. The number of benzene rings is 1. The maximum absolute atomic E-state index is 11.4. The second-order valence-electron chi connectivity index (χ2n) is 3.87. The van der Waals surface area contributed by atoms with Crippen LogP contribution in [0, 0.1) is 5.92 Å². The molecule has 0 saturated heterocycles. The van der Waals surface area contributed by atoms with E-state index in [1.165, 1.54) is 12.1 Å². The van der Waals surface area contributed by atoms with Gasteiger partial charge >= 0.3 is 0 Å². The third-order valence-corrected chi connectivity index (χ3v) is 3.01.